The number of para-hydroxylation sites is 1. The molecule has 0 saturated heterocycles. The van der Waals surface area contributed by atoms with Crippen molar-refractivity contribution < 1.29 is 33.0 Å². The molecule has 0 radical (unpaired) electrons. The monoisotopic (exact) mass is 568 g/mol. The number of ether oxygens (including phenoxy) is 4. The fourth-order valence-electron chi connectivity index (χ4n) is 4.32. The lowest BCUT2D eigenvalue weighted by Crippen LogP contribution is -2.31. The van der Waals surface area contributed by atoms with Gasteiger partial charge in [-0.05, 0) is 50.3 Å². The Labute approximate surface area is 242 Å². The fourth-order valence-corrected chi connectivity index (χ4v) is 4.32. The molecule has 0 saturated carbocycles. The molecule has 2 unspecified atom stereocenters. The van der Waals surface area contributed by atoms with Crippen LogP contribution in [0.5, 0.6) is 5.75 Å². The number of unbranched alkanes of at least 4 members (excludes halogenated alkanes) is 4. The molecule has 8 nitrogen and oxygen atoms in total. The first-order valence-electron chi connectivity index (χ1n) is 15.0. The summed E-state index contributed by atoms with van der Waals surface area (Å²) in [6, 6.07) is 6.88. The van der Waals surface area contributed by atoms with E-state index < -0.39 is 11.4 Å². The molecule has 2 aromatic rings. The van der Waals surface area contributed by atoms with Crippen molar-refractivity contribution in [3.63, 3.8) is 0 Å². The van der Waals surface area contributed by atoms with Crippen molar-refractivity contribution in [2.24, 2.45) is 0 Å². The number of esters is 2. The van der Waals surface area contributed by atoms with Crippen molar-refractivity contribution in [1.29, 1.82) is 0 Å². The summed E-state index contributed by atoms with van der Waals surface area (Å²) in [5.74, 6) is -0.812. The molecule has 41 heavy (non-hydrogen) atoms. The molecule has 0 N–H and O–H groups in total. The molecule has 0 fully saturated rings. The Balaban J connectivity index is 1.79. The molecule has 0 amide bonds. The zero-order valence-corrected chi connectivity index (χ0v) is 24.7. The predicted octanol–water partition coefficient (Wildman–Crippen LogP) is 6.93. The number of hydrogen-bond acceptors (Lipinski definition) is 8. The van der Waals surface area contributed by atoms with Crippen molar-refractivity contribution in [1.82, 2.24) is 0 Å². The Morgan fingerprint density at radius 3 is 2.15 bits per heavy atom. The molecular formula is C33H44O8. The van der Waals surface area contributed by atoms with Crippen molar-refractivity contribution in [3.8, 4) is 5.75 Å². The maximum atomic E-state index is 13.5. The molecule has 0 bridgehead atoms. The Kier molecular flexibility index (Phi) is 13.8. The molecule has 1 aromatic carbocycles. The highest BCUT2D eigenvalue weighted by Crippen LogP contribution is 2.32. The molecule has 224 valence electrons. The third-order valence-corrected chi connectivity index (χ3v) is 6.76. The number of carbonyl (C=O) groups is 2. The van der Waals surface area contributed by atoms with Crippen LogP contribution in [0.2, 0.25) is 0 Å². The quantitative estimate of drug-likeness (QED) is 0.141. The Morgan fingerprint density at radius 2 is 1.44 bits per heavy atom. The summed E-state index contributed by atoms with van der Waals surface area (Å²) in [7, 11) is 0. The molecule has 3 rings (SSSR count). The Bertz CT molecular complexity index is 1240. The lowest BCUT2D eigenvalue weighted by atomic mass is 9.99. The average molecular weight is 569 g/mol. The van der Waals surface area contributed by atoms with Crippen LogP contribution in [0.15, 0.2) is 51.7 Å². The van der Waals surface area contributed by atoms with Gasteiger partial charge in [0.1, 0.15) is 17.8 Å². The lowest BCUT2D eigenvalue weighted by Gasteiger charge is -2.27. The molecule has 0 spiro atoms. The van der Waals surface area contributed by atoms with Crippen LogP contribution in [-0.4, -0.2) is 44.0 Å². The van der Waals surface area contributed by atoms with Crippen LogP contribution in [0.4, 0.5) is 0 Å². The third-order valence-electron chi connectivity index (χ3n) is 6.76. The molecule has 1 heterocycles. The van der Waals surface area contributed by atoms with Gasteiger partial charge < -0.3 is 23.4 Å². The maximum absolute atomic E-state index is 13.5. The van der Waals surface area contributed by atoms with Crippen molar-refractivity contribution in [2.75, 3.05) is 19.8 Å². The number of rotatable bonds is 18. The summed E-state index contributed by atoms with van der Waals surface area (Å²) >= 11 is 0. The van der Waals surface area contributed by atoms with Gasteiger partial charge in [0.25, 0.3) is 0 Å². The second-order valence-electron chi connectivity index (χ2n) is 10.2. The first-order chi connectivity index (χ1) is 20.0. The number of carbonyl (C=O) groups excluding carboxylic acids is 2. The summed E-state index contributed by atoms with van der Waals surface area (Å²) in [4.78, 5) is 38.1. The Morgan fingerprint density at radius 1 is 0.805 bits per heavy atom. The van der Waals surface area contributed by atoms with Gasteiger partial charge in [0.15, 0.2) is 5.76 Å². The summed E-state index contributed by atoms with van der Waals surface area (Å²) in [6.07, 6.45) is 11.8. The molecule has 8 heteroatoms. The van der Waals surface area contributed by atoms with E-state index in [1.807, 2.05) is 25.2 Å². The summed E-state index contributed by atoms with van der Waals surface area (Å²) in [5.41, 5.74) is 0.559. The SMILES string of the molecule is CCCCOC(=O)CCCCC(=O)Oc1c(C2=CC(OCCCC)C(OCCCC)C=C2)oc2ccccc2c1=O. The highest BCUT2D eigenvalue weighted by Gasteiger charge is 2.27. The van der Waals surface area contributed by atoms with E-state index in [2.05, 4.69) is 13.8 Å². The van der Waals surface area contributed by atoms with Crippen LogP contribution >= 0.6 is 0 Å². The van der Waals surface area contributed by atoms with Gasteiger partial charge >= 0.3 is 11.9 Å². The first kappa shape index (κ1) is 32.3. The summed E-state index contributed by atoms with van der Waals surface area (Å²) in [6.45, 7) is 7.85. The van der Waals surface area contributed by atoms with Gasteiger partial charge in [-0.15, -0.1) is 0 Å². The normalized spacial score (nSPS) is 16.5. The topological polar surface area (TPSA) is 101 Å². The van der Waals surface area contributed by atoms with Crippen LogP contribution in [0.3, 0.4) is 0 Å². The predicted molar refractivity (Wildman–Crippen MR) is 159 cm³/mol. The van der Waals surface area contributed by atoms with Gasteiger partial charge in [0.2, 0.25) is 11.2 Å². The number of hydrogen-bond donors (Lipinski definition) is 0. The first-order valence-corrected chi connectivity index (χ1v) is 15.0. The van der Waals surface area contributed by atoms with Gasteiger partial charge in [-0.3, -0.25) is 14.4 Å². The minimum absolute atomic E-state index is 0.0545. The standard InChI is InChI=1S/C33H44O8/c1-4-7-20-37-27-19-18-24(23-28(27)38-21-8-5-2)32-33(31(36)25-14-10-11-15-26(25)40-32)41-30(35)17-13-12-16-29(34)39-22-9-6-3/h10-11,14-15,18-19,23,27-28H,4-9,12-13,16-17,20-22H2,1-3H3. The third kappa shape index (κ3) is 9.97. The van der Waals surface area contributed by atoms with Crippen LogP contribution in [0.1, 0.15) is 90.7 Å². The van der Waals surface area contributed by atoms with Gasteiger partial charge in [-0.1, -0.05) is 64.3 Å². The van der Waals surface area contributed by atoms with Crippen molar-refractivity contribution >= 4 is 28.5 Å². The largest absolute Gasteiger partial charge is 0.466 e. The zero-order valence-electron chi connectivity index (χ0n) is 24.7. The zero-order chi connectivity index (χ0) is 29.5. The summed E-state index contributed by atoms with van der Waals surface area (Å²) in [5, 5.41) is 0.325. The molecule has 1 aromatic heterocycles. The van der Waals surface area contributed by atoms with E-state index in [0.717, 1.165) is 38.5 Å². The smallest absolute Gasteiger partial charge is 0.311 e. The second-order valence-corrected chi connectivity index (χ2v) is 10.2. The second kappa shape index (κ2) is 17.6. The number of fused-ring (bicyclic) bond motifs is 1. The van der Waals surface area contributed by atoms with E-state index in [1.54, 1.807) is 24.3 Å². The highest BCUT2D eigenvalue weighted by atomic mass is 16.5. The molecule has 2 atom stereocenters. The highest BCUT2D eigenvalue weighted by molar-refractivity contribution is 5.85. The van der Waals surface area contributed by atoms with E-state index in [1.165, 1.54) is 0 Å². The number of benzene rings is 1. The van der Waals surface area contributed by atoms with E-state index in [4.69, 9.17) is 23.4 Å². The van der Waals surface area contributed by atoms with Crippen molar-refractivity contribution in [2.45, 2.75) is 97.2 Å². The maximum Gasteiger partial charge on any atom is 0.311 e. The van der Waals surface area contributed by atoms with Crippen LogP contribution in [0, 0.1) is 0 Å². The summed E-state index contributed by atoms with van der Waals surface area (Å²) < 4.78 is 29.2. The van der Waals surface area contributed by atoms with Gasteiger partial charge in [-0.25, -0.2) is 0 Å². The minimum atomic E-state index is -0.565. The number of allylic oxidation sites excluding steroid dienone is 2. The van der Waals surface area contributed by atoms with E-state index in [-0.39, 0.29) is 42.5 Å². The molecule has 0 aliphatic heterocycles. The van der Waals surface area contributed by atoms with E-state index >= 15 is 0 Å². The van der Waals surface area contributed by atoms with E-state index in [0.29, 0.717) is 49.2 Å². The van der Waals surface area contributed by atoms with Crippen LogP contribution < -0.4 is 10.2 Å². The molecule has 1 aliphatic carbocycles. The molecular weight excluding hydrogens is 524 g/mol. The fraction of sp³-hybridized carbons (Fsp3) is 0.545. The van der Waals surface area contributed by atoms with Gasteiger partial charge in [0.05, 0.1) is 12.0 Å². The Hall–Kier alpha value is -3.23. The molecule has 1 aliphatic rings. The van der Waals surface area contributed by atoms with Gasteiger partial charge in [-0.2, -0.15) is 0 Å². The van der Waals surface area contributed by atoms with Crippen molar-refractivity contribution in [3.05, 3.63) is 58.5 Å². The van der Waals surface area contributed by atoms with E-state index in [9.17, 15) is 14.4 Å². The lowest BCUT2D eigenvalue weighted by molar-refractivity contribution is -0.144. The van der Waals surface area contributed by atoms with Crippen LogP contribution in [0.25, 0.3) is 16.5 Å². The average Bonchev–Trinajstić information content (AvgIpc) is 2.98. The minimum Gasteiger partial charge on any atom is -0.466 e. The van der Waals surface area contributed by atoms with Gasteiger partial charge in [0, 0.05) is 31.6 Å². The van der Waals surface area contributed by atoms with Crippen LogP contribution in [-0.2, 0) is 23.8 Å².